The van der Waals surface area contributed by atoms with Gasteiger partial charge in [0.25, 0.3) is 0 Å². The fourth-order valence-corrected chi connectivity index (χ4v) is 2.15. The predicted molar refractivity (Wildman–Crippen MR) is 70.0 cm³/mol. The Morgan fingerprint density at radius 2 is 2.06 bits per heavy atom. The Balaban J connectivity index is 2.35. The van der Waals surface area contributed by atoms with Gasteiger partial charge in [-0.1, -0.05) is 18.2 Å². The Morgan fingerprint density at radius 3 is 2.67 bits per heavy atom. The van der Waals surface area contributed by atoms with Gasteiger partial charge in [-0.05, 0) is 18.6 Å². The second-order valence-corrected chi connectivity index (χ2v) is 5.90. The van der Waals surface area contributed by atoms with Crippen LogP contribution >= 0.6 is 0 Å². The summed E-state index contributed by atoms with van der Waals surface area (Å²) in [5.41, 5.74) is 1.84. The maximum absolute atomic E-state index is 11.1. The zero-order chi connectivity index (χ0) is 13.2. The summed E-state index contributed by atoms with van der Waals surface area (Å²) < 4.78 is 26.7. The van der Waals surface area contributed by atoms with Gasteiger partial charge in [-0.25, -0.2) is 18.1 Å². The molecular weight excluding hydrogens is 250 g/mol. The summed E-state index contributed by atoms with van der Waals surface area (Å²) in [6, 6.07) is 7.63. The molecule has 0 aliphatic heterocycles. The van der Waals surface area contributed by atoms with Crippen molar-refractivity contribution in [1.29, 1.82) is 0 Å². The van der Waals surface area contributed by atoms with E-state index in [1.54, 1.807) is 6.20 Å². The van der Waals surface area contributed by atoms with Crippen molar-refractivity contribution in [2.75, 3.05) is 6.26 Å². The first kappa shape index (κ1) is 12.8. The summed E-state index contributed by atoms with van der Waals surface area (Å²) in [6.07, 6.45) is 4.72. The average molecular weight is 265 g/mol. The molecule has 0 saturated carbocycles. The maximum atomic E-state index is 11.1. The fraction of sp³-hybridized carbons (Fsp3) is 0.250. The Hall–Kier alpha value is -1.66. The van der Waals surface area contributed by atoms with Crippen LogP contribution in [0.1, 0.15) is 11.4 Å². The lowest BCUT2D eigenvalue weighted by Gasteiger charge is -2.11. The monoisotopic (exact) mass is 265 g/mol. The summed E-state index contributed by atoms with van der Waals surface area (Å²) in [7, 11) is -3.19. The van der Waals surface area contributed by atoms with Gasteiger partial charge in [0, 0.05) is 18.9 Å². The zero-order valence-corrected chi connectivity index (χ0v) is 11.1. The summed E-state index contributed by atoms with van der Waals surface area (Å²) in [5, 5.41) is 0. The van der Waals surface area contributed by atoms with Crippen molar-refractivity contribution < 1.29 is 8.42 Å². The molecule has 1 N–H and O–H groups in total. The van der Waals surface area contributed by atoms with Gasteiger partial charge >= 0.3 is 0 Å². The predicted octanol–water partition coefficient (Wildman–Crippen LogP) is 1.23. The van der Waals surface area contributed by atoms with E-state index in [2.05, 4.69) is 9.71 Å². The first-order chi connectivity index (χ1) is 8.47. The van der Waals surface area contributed by atoms with E-state index in [1.807, 2.05) is 42.0 Å². The number of nitrogens with zero attached hydrogens (tertiary/aromatic N) is 2. The van der Waals surface area contributed by atoms with Crippen molar-refractivity contribution in [3.8, 4) is 5.69 Å². The second kappa shape index (κ2) is 4.91. The highest BCUT2D eigenvalue weighted by Crippen LogP contribution is 2.16. The summed E-state index contributed by atoms with van der Waals surface area (Å²) in [6.45, 7) is 2.17. The van der Waals surface area contributed by atoms with Gasteiger partial charge in [0.05, 0.1) is 11.9 Å². The molecular formula is C12H15N3O2S. The minimum Gasteiger partial charge on any atom is -0.304 e. The molecule has 1 aromatic carbocycles. The van der Waals surface area contributed by atoms with E-state index in [-0.39, 0.29) is 6.54 Å². The quantitative estimate of drug-likeness (QED) is 0.904. The average Bonchev–Trinajstić information content (AvgIpc) is 2.72. The van der Waals surface area contributed by atoms with Gasteiger partial charge in [-0.3, -0.25) is 0 Å². The van der Waals surface area contributed by atoms with E-state index in [1.165, 1.54) is 0 Å². The van der Waals surface area contributed by atoms with Crippen molar-refractivity contribution in [3.63, 3.8) is 0 Å². The highest BCUT2D eigenvalue weighted by molar-refractivity contribution is 7.88. The molecule has 0 saturated heterocycles. The van der Waals surface area contributed by atoms with E-state index in [0.717, 1.165) is 23.3 Å². The lowest BCUT2D eigenvalue weighted by Crippen LogP contribution is -2.22. The molecule has 96 valence electrons. The first-order valence-electron chi connectivity index (χ1n) is 5.50. The van der Waals surface area contributed by atoms with Gasteiger partial charge in [-0.2, -0.15) is 0 Å². The van der Waals surface area contributed by atoms with Gasteiger partial charge < -0.3 is 4.57 Å². The number of aromatic nitrogens is 2. The lowest BCUT2D eigenvalue weighted by atomic mass is 10.2. The molecule has 0 aliphatic rings. The molecule has 0 bridgehead atoms. The molecule has 0 radical (unpaired) electrons. The Labute approximate surface area is 107 Å². The summed E-state index contributed by atoms with van der Waals surface area (Å²) >= 11 is 0. The van der Waals surface area contributed by atoms with Crippen LogP contribution in [0.2, 0.25) is 0 Å². The minimum absolute atomic E-state index is 0.270. The first-order valence-corrected chi connectivity index (χ1v) is 7.39. The standard InChI is InChI=1S/C12H15N3O2S/c1-10-13-7-8-15(10)12-6-4-3-5-11(12)9-14-18(2,16)17/h3-8,14H,9H2,1-2H3. The third-order valence-electron chi connectivity index (χ3n) is 2.60. The molecule has 0 atom stereocenters. The van der Waals surface area contributed by atoms with Crippen LogP contribution in [0.3, 0.4) is 0 Å². The molecule has 18 heavy (non-hydrogen) atoms. The highest BCUT2D eigenvalue weighted by atomic mass is 32.2. The zero-order valence-electron chi connectivity index (χ0n) is 10.3. The van der Waals surface area contributed by atoms with E-state index in [0.29, 0.717) is 0 Å². The minimum atomic E-state index is -3.19. The molecule has 0 spiro atoms. The van der Waals surface area contributed by atoms with E-state index < -0.39 is 10.0 Å². The van der Waals surface area contributed by atoms with Gasteiger partial charge in [-0.15, -0.1) is 0 Å². The Morgan fingerprint density at radius 1 is 1.33 bits per heavy atom. The summed E-state index contributed by atoms with van der Waals surface area (Å²) in [4.78, 5) is 4.17. The SMILES string of the molecule is Cc1nccn1-c1ccccc1CNS(C)(=O)=O. The number of nitrogens with one attached hydrogen (secondary N) is 1. The Bertz CT molecular complexity index is 647. The molecule has 0 unspecified atom stereocenters. The number of hydrogen-bond donors (Lipinski definition) is 1. The van der Waals surface area contributed by atoms with Crippen LogP contribution in [-0.4, -0.2) is 24.2 Å². The van der Waals surface area contributed by atoms with Crippen LogP contribution in [0.4, 0.5) is 0 Å². The molecule has 0 fully saturated rings. The normalized spacial score (nSPS) is 11.7. The summed E-state index contributed by atoms with van der Waals surface area (Å²) in [5.74, 6) is 0.863. The highest BCUT2D eigenvalue weighted by Gasteiger charge is 2.08. The largest absolute Gasteiger partial charge is 0.304 e. The maximum Gasteiger partial charge on any atom is 0.209 e. The molecule has 2 rings (SSSR count). The molecule has 5 nitrogen and oxygen atoms in total. The number of para-hydroxylation sites is 1. The lowest BCUT2D eigenvalue weighted by molar-refractivity contribution is 0.587. The molecule has 0 amide bonds. The third kappa shape index (κ3) is 2.96. The van der Waals surface area contributed by atoms with Gasteiger partial charge in [0.15, 0.2) is 0 Å². The van der Waals surface area contributed by atoms with Crippen LogP contribution in [-0.2, 0) is 16.6 Å². The van der Waals surface area contributed by atoms with Crippen LogP contribution in [0.15, 0.2) is 36.7 Å². The smallest absolute Gasteiger partial charge is 0.209 e. The fourth-order valence-electron chi connectivity index (χ4n) is 1.74. The van der Waals surface area contributed by atoms with Gasteiger partial charge in [0.2, 0.25) is 10.0 Å². The number of hydrogen-bond acceptors (Lipinski definition) is 3. The van der Waals surface area contributed by atoms with E-state index in [4.69, 9.17) is 0 Å². The molecule has 1 heterocycles. The van der Waals surface area contributed by atoms with Crippen molar-refractivity contribution >= 4 is 10.0 Å². The van der Waals surface area contributed by atoms with Crippen molar-refractivity contribution in [3.05, 3.63) is 48.0 Å². The van der Waals surface area contributed by atoms with E-state index >= 15 is 0 Å². The van der Waals surface area contributed by atoms with Crippen molar-refractivity contribution in [1.82, 2.24) is 14.3 Å². The molecule has 6 heteroatoms. The molecule has 0 aliphatic carbocycles. The number of imidazole rings is 1. The molecule has 2 aromatic rings. The third-order valence-corrected chi connectivity index (χ3v) is 3.27. The second-order valence-electron chi connectivity index (χ2n) is 4.07. The van der Waals surface area contributed by atoms with Crippen LogP contribution < -0.4 is 4.72 Å². The Kier molecular flexibility index (Phi) is 3.49. The number of sulfonamides is 1. The van der Waals surface area contributed by atoms with Crippen molar-refractivity contribution in [2.45, 2.75) is 13.5 Å². The van der Waals surface area contributed by atoms with Crippen LogP contribution in [0, 0.1) is 6.92 Å². The molecule has 1 aromatic heterocycles. The van der Waals surface area contributed by atoms with Crippen LogP contribution in [0.25, 0.3) is 5.69 Å². The number of rotatable bonds is 4. The topological polar surface area (TPSA) is 64.0 Å². The van der Waals surface area contributed by atoms with Gasteiger partial charge in [0.1, 0.15) is 5.82 Å². The number of benzene rings is 1. The van der Waals surface area contributed by atoms with Crippen molar-refractivity contribution in [2.24, 2.45) is 0 Å². The van der Waals surface area contributed by atoms with Crippen LogP contribution in [0.5, 0.6) is 0 Å². The number of aryl methyl sites for hydroxylation is 1. The van der Waals surface area contributed by atoms with E-state index in [9.17, 15) is 8.42 Å².